The molecule has 104 valence electrons. The summed E-state index contributed by atoms with van der Waals surface area (Å²) in [5.41, 5.74) is 6.90. The van der Waals surface area contributed by atoms with E-state index in [4.69, 9.17) is 28.9 Å². The molecule has 3 N–H and O–H groups in total. The van der Waals surface area contributed by atoms with E-state index in [0.717, 1.165) is 5.56 Å². The van der Waals surface area contributed by atoms with Crippen LogP contribution < -0.4 is 11.1 Å². The van der Waals surface area contributed by atoms with Crippen molar-refractivity contribution in [1.29, 1.82) is 0 Å². The molecule has 1 aliphatic rings. The summed E-state index contributed by atoms with van der Waals surface area (Å²) in [6.07, 6.45) is 0.716. The molecular weight excluding hydrogens is 311 g/mol. The number of nitrogens with two attached hydrogens (primary N) is 1. The van der Waals surface area contributed by atoms with Crippen LogP contribution in [0.15, 0.2) is 12.1 Å². The molecule has 7 heteroatoms. The van der Waals surface area contributed by atoms with Gasteiger partial charge in [0.2, 0.25) is 11.8 Å². The molecule has 1 heterocycles. The molecular formula is C12H13Cl3N2O2. The number of carbonyl (C=O) groups excluding carboxylic acids is 2. The van der Waals surface area contributed by atoms with Crippen LogP contribution in [0.2, 0.25) is 10.0 Å². The third-order valence-corrected chi connectivity index (χ3v) is 3.59. The number of carbonyl (C=O) groups is 2. The maximum Gasteiger partial charge on any atom is 0.234 e. The molecule has 0 aliphatic carbocycles. The molecule has 2 rings (SSSR count). The molecule has 4 nitrogen and oxygen atoms in total. The van der Waals surface area contributed by atoms with Crippen LogP contribution >= 0.6 is 35.6 Å². The largest absolute Gasteiger partial charge is 0.326 e. The zero-order valence-electron chi connectivity index (χ0n) is 9.91. The number of benzene rings is 1. The van der Waals surface area contributed by atoms with Crippen LogP contribution in [0.3, 0.4) is 0 Å². The van der Waals surface area contributed by atoms with Crippen molar-refractivity contribution in [2.24, 2.45) is 5.73 Å². The number of halogens is 3. The number of imide groups is 1. The number of amides is 2. The van der Waals surface area contributed by atoms with Crippen LogP contribution in [0.25, 0.3) is 0 Å². The van der Waals surface area contributed by atoms with Crippen molar-refractivity contribution < 1.29 is 9.59 Å². The summed E-state index contributed by atoms with van der Waals surface area (Å²) in [5, 5.41) is 3.12. The lowest BCUT2D eigenvalue weighted by Gasteiger charge is -2.23. The van der Waals surface area contributed by atoms with Crippen molar-refractivity contribution in [3.63, 3.8) is 0 Å². The first-order valence-corrected chi connectivity index (χ1v) is 6.30. The quantitative estimate of drug-likeness (QED) is 0.821. The van der Waals surface area contributed by atoms with Crippen molar-refractivity contribution in [1.82, 2.24) is 5.32 Å². The molecule has 0 bridgehead atoms. The maximum absolute atomic E-state index is 11.8. The minimum atomic E-state index is -0.477. The van der Waals surface area contributed by atoms with E-state index in [1.807, 2.05) is 0 Å². The van der Waals surface area contributed by atoms with Crippen LogP contribution in [0.5, 0.6) is 0 Å². The van der Waals surface area contributed by atoms with Crippen molar-refractivity contribution in [2.75, 3.05) is 0 Å². The maximum atomic E-state index is 11.8. The Labute approximate surface area is 127 Å². The summed E-state index contributed by atoms with van der Waals surface area (Å²) in [6, 6.07) is 3.40. The first-order valence-electron chi connectivity index (χ1n) is 5.54. The number of hydrogen-bond donors (Lipinski definition) is 2. The van der Waals surface area contributed by atoms with Gasteiger partial charge in [0.25, 0.3) is 0 Å². The van der Waals surface area contributed by atoms with Gasteiger partial charge in [0, 0.05) is 28.6 Å². The number of nitrogens with one attached hydrogen (secondary N) is 1. The fourth-order valence-electron chi connectivity index (χ4n) is 2.06. The Morgan fingerprint density at radius 2 is 1.84 bits per heavy atom. The third kappa shape index (κ3) is 3.39. The molecule has 1 aromatic rings. The first-order chi connectivity index (χ1) is 8.52. The molecule has 1 saturated heterocycles. The summed E-state index contributed by atoms with van der Waals surface area (Å²) in [6.45, 7) is 0.328. The topological polar surface area (TPSA) is 72.2 Å². The van der Waals surface area contributed by atoms with Gasteiger partial charge in [-0.25, -0.2) is 0 Å². The molecule has 1 aliphatic heterocycles. The van der Waals surface area contributed by atoms with Crippen LogP contribution in [-0.2, 0) is 16.1 Å². The van der Waals surface area contributed by atoms with Gasteiger partial charge in [-0.3, -0.25) is 14.9 Å². The lowest BCUT2D eigenvalue weighted by molar-refractivity contribution is -0.134. The third-order valence-electron chi connectivity index (χ3n) is 2.96. The molecule has 1 aromatic carbocycles. The van der Waals surface area contributed by atoms with Crippen molar-refractivity contribution >= 4 is 47.4 Å². The highest BCUT2D eigenvalue weighted by Crippen LogP contribution is 2.36. The zero-order chi connectivity index (χ0) is 13.3. The Bertz CT molecular complexity index is 497. The monoisotopic (exact) mass is 322 g/mol. The van der Waals surface area contributed by atoms with E-state index in [1.54, 1.807) is 12.1 Å². The van der Waals surface area contributed by atoms with E-state index in [0.29, 0.717) is 35.0 Å². The van der Waals surface area contributed by atoms with Gasteiger partial charge >= 0.3 is 0 Å². The molecule has 1 unspecified atom stereocenters. The smallest absolute Gasteiger partial charge is 0.234 e. The highest BCUT2D eigenvalue weighted by Gasteiger charge is 2.31. The summed E-state index contributed by atoms with van der Waals surface area (Å²) < 4.78 is 0. The summed E-state index contributed by atoms with van der Waals surface area (Å²) in [4.78, 5) is 22.9. The second kappa shape index (κ2) is 6.57. The van der Waals surface area contributed by atoms with Gasteiger partial charge < -0.3 is 5.73 Å². The predicted octanol–water partition coefficient (Wildman–Crippen LogP) is 2.39. The molecule has 0 radical (unpaired) electrons. The lowest BCUT2D eigenvalue weighted by Crippen LogP contribution is -2.39. The minimum absolute atomic E-state index is 0. The van der Waals surface area contributed by atoms with E-state index in [2.05, 4.69) is 5.32 Å². The van der Waals surface area contributed by atoms with Gasteiger partial charge in [0.05, 0.1) is 5.92 Å². The van der Waals surface area contributed by atoms with Gasteiger partial charge in [-0.15, -0.1) is 12.4 Å². The predicted molar refractivity (Wildman–Crippen MR) is 76.7 cm³/mol. The number of hydrogen-bond acceptors (Lipinski definition) is 3. The van der Waals surface area contributed by atoms with E-state index in [9.17, 15) is 9.59 Å². The average Bonchev–Trinajstić information content (AvgIpc) is 2.30. The Hall–Kier alpha value is -0.810. The average molecular weight is 324 g/mol. The van der Waals surface area contributed by atoms with Crippen molar-refractivity contribution in [3.8, 4) is 0 Å². The highest BCUT2D eigenvalue weighted by atomic mass is 35.5. The SMILES string of the molecule is Cl.NCc1cc(Cl)c(C2CCC(=O)NC2=O)c(Cl)c1. The summed E-state index contributed by atoms with van der Waals surface area (Å²) in [5.74, 6) is -1.09. The fraction of sp³-hybridized carbons (Fsp3) is 0.333. The Morgan fingerprint density at radius 3 is 2.32 bits per heavy atom. The van der Waals surface area contributed by atoms with Gasteiger partial charge in [-0.2, -0.15) is 0 Å². The van der Waals surface area contributed by atoms with Gasteiger partial charge in [0.1, 0.15) is 0 Å². The van der Waals surface area contributed by atoms with Crippen LogP contribution in [0, 0.1) is 0 Å². The summed E-state index contributed by atoms with van der Waals surface area (Å²) >= 11 is 12.3. The van der Waals surface area contributed by atoms with E-state index in [1.165, 1.54) is 0 Å². The van der Waals surface area contributed by atoms with E-state index in [-0.39, 0.29) is 24.2 Å². The molecule has 1 atom stereocenters. The molecule has 2 amide bonds. The van der Waals surface area contributed by atoms with Gasteiger partial charge in [-0.05, 0) is 24.1 Å². The Kier molecular flexibility index (Phi) is 5.62. The van der Waals surface area contributed by atoms with Crippen LogP contribution in [-0.4, -0.2) is 11.8 Å². The zero-order valence-corrected chi connectivity index (χ0v) is 12.2. The second-order valence-corrected chi connectivity index (χ2v) is 5.00. The minimum Gasteiger partial charge on any atom is -0.326 e. The van der Waals surface area contributed by atoms with E-state index >= 15 is 0 Å². The van der Waals surface area contributed by atoms with Gasteiger partial charge in [0.15, 0.2) is 0 Å². The molecule has 1 fully saturated rings. The standard InChI is InChI=1S/C12H12Cl2N2O2.ClH/c13-8-3-6(5-15)4-9(14)11(8)7-1-2-10(17)16-12(7)18;/h3-4,7H,1-2,5,15H2,(H,16,17,18);1H. The normalized spacial score (nSPS) is 18.8. The molecule has 19 heavy (non-hydrogen) atoms. The number of piperidine rings is 1. The summed E-state index contributed by atoms with van der Waals surface area (Å²) in [7, 11) is 0. The highest BCUT2D eigenvalue weighted by molar-refractivity contribution is 6.36. The van der Waals surface area contributed by atoms with Crippen LogP contribution in [0.1, 0.15) is 29.9 Å². The molecule has 0 spiro atoms. The molecule has 0 saturated carbocycles. The van der Waals surface area contributed by atoms with Gasteiger partial charge in [-0.1, -0.05) is 23.2 Å². The van der Waals surface area contributed by atoms with Crippen molar-refractivity contribution in [2.45, 2.75) is 25.3 Å². The second-order valence-electron chi connectivity index (χ2n) is 4.18. The first kappa shape index (κ1) is 16.2. The molecule has 0 aromatic heterocycles. The Morgan fingerprint density at radius 1 is 1.26 bits per heavy atom. The van der Waals surface area contributed by atoms with E-state index < -0.39 is 5.92 Å². The number of rotatable bonds is 2. The van der Waals surface area contributed by atoms with Crippen LogP contribution in [0.4, 0.5) is 0 Å². The fourth-order valence-corrected chi connectivity index (χ4v) is 2.85. The Balaban J connectivity index is 0.00000180. The lowest BCUT2D eigenvalue weighted by atomic mass is 9.90. The van der Waals surface area contributed by atoms with Crippen molar-refractivity contribution in [3.05, 3.63) is 33.3 Å².